The van der Waals surface area contributed by atoms with Crippen LogP contribution >= 0.6 is 11.8 Å². The van der Waals surface area contributed by atoms with Crippen LogP contribution in [0.4, 0.5) is 5.69 Å². The molecular weight excluding hydrogens is 366 g/mol. The van der Waals surface area contributed by atoms with Crippen molar-refractivity contribution in [2.45, 2.75) is 31.8 Å². The fourth-order valence-electron chi connectivity index (χ4n) is 2.16. The second-order valence-electron chi connectivity index (χ2n) is 6.36. The van der Waals surface area contributed by atoms with Crippen molar-refractivity contribution in [2.24, 2.45) is 18.7 Å². The Kier molecular flexibility index (Phi) is 7.12. The molecule has 0 aliphatic carbocycles. The van der Waals surface area contributed by atoms with Gasteiger partial charge in [0.05, 0.1) is 5.75 Å². The van der Waals surface area contributed by atoms with Crippen LogP contribution in [0.5, 0.6) is 0 Å². The molecule has 0 atom stereocenters. The Morgan fingerprint density at radius 3 is 2.44 bits per heavy atom. The van der Waals surface area contributed by atoms with Crippen LogP contribution in [0.25, 0.3) is 0 Å². The van der Waals surface area contributed by atoms with Gasteiger partial charge in [-0.15, -0.1) is 10.2 Å². The summed E-state index contributed by atoms with van der Waals surface area (Å²) in [5.74, 6) is 0.230. The van der Waals surface area contributed by atoms with Gasteiger partial charge in [0.25, 0.3) is 0 Å². The summed E-state index contributed by atoms with van der Waals surface area (Å²) < 4.78 is 1.76. The van der Waals surface area contributed by atoms with Gasteiger partial charge in [0.2, 0.25) is 11.8 Å². The first-order valence-corrected chi connectivity index (χ1v) is 9.50. The molecule has 27 heavy (non-hydrogen) atoms. The molecule has 1 aromatic heterocycles. The Morgan fingerprint density at radius 1 is 1.19 bits per heavy atom. The van der Waals surface area contributed by atoms with Crippen LogP contribution in [0, 0.1) is 5.92 Å². The molecule has 144 valence electrons. The van der Waals surface area contributed by atoms with Crippen LogP contribution in [-0.2, 0) is 23.1 Å². The number of ketones is 1. The van der Waals surface area contributed by atoms with Gasteiger partial charge in [-0.1, -0.05) is 25.6 Å². The molecule has 1 heterocycles. The van der Waals surface area contributed by atoms with E-state index in [4.69, 9.17) is 5.73 Å². The van der Waals surface area contributed by atoms with Crippen LogP contribution in [0.2, 0.25) is 0 Å². The van der Waals surface area contributed by atoms with Gasteiger partial charge in [-0.2, -0.15) is 0 Å². The minimum absolute atomic E-state index is 0.0524. The monoisotopic (exact) mass is 389 g/mol. The summed E-state index contributed by atoms with van der Waals surface area (Å²) in [6, 6.07) is 6.80. The van der Waals surface area contributed by atoms with E-state index in [-0.39, 0.29) is 29.8 Å². The lowest BCUT2D eigenvalue weighted by atomic mass is 10.1. The van der Waals surface area contributed by atoms with Gasteiger partial charge >= 0.3 is 0 Å². The molecule has 0 radical (unpaired) electrons. The molecule has 1 aromatic carbocycles. The summed E-state index contributed by atoms with van der Waals surface area (Å²) in [7, 11) is 1.79. The van der Waals surface area contributed by atoms with Gasteiger partial charge < -0.3 is 15.6 Å². The minimum atomic E-state index is -0.393. The number of Topliss-reactive ketones (excluding diaryl/α,β-unsaturated/α-hetero) is 1. The van der Waals surface area contributed by atoms with E-state index in [0.29, 0.717) is 28.7 Å². The lowest BCUT2D eigenvalue weighted by molar-refractivity contribution is -0.119. The highest BCUT2D eigenvalue weighted by molar-refractivity contribution is 7.99. The number of rotatable bonds is 9. The van der Waals surface area contributed by atoms with Crippen molar-refractivity contribution >= 4 is 35.0 Å². The number of aryl methyl sites for hydroxylation is 1. The lowest BCUT2D eigenvalue weighted by Gasteiger charge is -2.08. The van der Waals surface area contributed by atoms with Crippen molar-refractivity contribution < 1.29 is 14.4 Å². The van der Waals surface area contributed by atoms with Gasteiger partial charge in [0.1, 0.15) is 5.82 Å². The molecule has 0 saturated carbocycles. The Hall–Kier alpha value is -2.68. The first kappa shape index (κ1) is 20.6. The number of nitrogens with one attached hydrogen (secondary N) is 1. The summed E-state index contributed by atoms with van der Waals surface area (Å²) >= 11 is 1.28. The highest BCUT2D eigenvalue weighted by Crippen LogP contribution is 2.19. The van der Waals surface area contributed by atoms with Crippen molar-refractivity contribution in [3.63, 3.8) is 0 Å². The maximum atomic E-state index is 12.4. The standard InChI is InChI=1S/C18H23N5O3S/c1-11(2)17(26)20-13-6-4-12(5-7-13)14(24)10-27-18-22-21-16(23(18)3)9-8-15(19)25/h4-7,11H,8-10H2,1-3H3,(H2,19,25)(H,20,26). The number of hydrogen-bond donors (Lipinski definition) is 2. The number of carbonyl (C=O) groups is 3. The number of thioether (sulfide) groups is 1. The van der Waals surface area contributed by atoms with E-state index in [9.17, 15) is 14.4 Å². The number of amides is 2. The van der Waals surface area contributed by atoms with Crippen molar-refractivity contribution in [1.29, 1.82) is 0 Å². The van der Waals surface area contributed by atoms with Gasteiger partial charge in [-0.05, 0) is 24.3 Å². The SMILES string of the molecule is CC(C)C(=O)Nc1ccc(C(=O)CSc2nnc(CCC(N)=O)n2C)cc1. The number of primary amides is 1. The third-order valence-electron chi connectivity index (χ3n) is 3.85. The predicted molar refractivity (Wildman–Crippen MR) is 103 cm³/mol. The van der Waals surface area contributed by atoms with E-state index < -0.39 is 5.91 Å². The van der Waals surface area contributed by atoms with Gasteiger partial charge in [0, 0.05) is 37.1 Å². The molecular formula is C18H23N5O3S. The summed E-state index contributed by atoms with van der Waals surface area (Å²) in [5, 5.41) is 11.5. The largest absolute Gasteiger partial charge is 0.370 e. The predicted octanol–water partition coefficient (Wildman–Crippen LogP) is 1.80. The van der Waals surface area contributed by atoms with Crippen LogP contribution in [0.1, 0.15) is 36.5 Å². The van der Waals surface area contributed by atoms with Gasteiger partial charge in [-0.25, -0.2) is 0 Å². The highest BCUT2D eigenvalue weighted by atomic mass is 32.2. The smallest absolute Gasteiger partial charge is 0.226 e. The van der Waals surface area contributed by atoms with Crippen molar-refractivity contribution in [2.75, 3.05) is 11.1 Å². The van der Waals surface area contributed by atoms with E-state index in [1.165, 1.54) is 11.8 Å². The molecule has 2 aromatic rings. The normalized spacial score (nSPS) is 10.8. The van der Waals surface area contributed by atoms with E-state index in [0.717, 1.165) is 0 Å². The third-order valence-corrected chi connectivity index (χ3v) is 4.87. The number of aromatic nitrogens is 3. The Labute approximate surface area is 161 Å². The average Bonchev–Trinajstić information content (AvgIpc) is 2.98. The van der Waals surface area contributed by atoms with Crippen molar-refractivity contribution in [3.8, 4) is 0 Å². The number of nitrogens with zero attached hydrogens (tertiary/aromatic N) is 3. The quantitative estimate of drug-likeness (QED) is 0.498. The summed E-state index contributed by atoms with van der Waals surface area (Å²) in [5.41, 5.74) is 6.36. The highest BCUT2D eigenvalue weighted by Gasteiger charge is 2.14. The molecule has 3 N–H and O–H groups in total. The maximum Gasteiger partial charge on any atom is 0.226 e. The van der Waals surface area contributed by atoms with Crippen LogP contribution in [0.15, 0.2) is 29.4 Å². The molecule has 0 spiro atoms. The fourth-order valence-corrected chi connectivity index (χ4v) is 2.99. The number of benzene rings is 1. The average molecular weight is 389 g/mol. The Bertz CT molecular complexity index is 830. The zero-order valence-corrected chi connectivity index (χ0v) is 16.4. The van der Waals surface area contributed by atoms with Crippen molar-refractivity contribution in [1.82, 2.24) is 14.8 Å². The first-order chi connectivity index (χ1) is 12.8. The molecule has 0 bridgehead atoms. The van der Waals surface area contributed by atoms with E-state index in [1.54, 1.807) is 35.9 Å². The fraction of sp³-hybridized carbons (Fsp3) is 0.389. The lowest BCUT2D eigenvalue weighted by Crippen LogP contribution is -2.17. The topological polar surface area (TPSA) is 120 Å². The minimum Gasteiger partial charge on any atom is -0.370 e. The zero-order chi connectivity index (χ0) is 20.0. The Balaban J connectivity index is 1.92. The van der Waals surface area contributed by atoms with Gasteiger partial charge in [-0.3, -0.25) is 14.4 Å². The third kappa shape index (κ3) is 5.92. The second kappa shape index (κ2) is 9.31. The molecule has 0 saturated heterocycles. The van der Waals surface area contributed by atoms with Crippen molar-refractivity contribution in [3.05, 3.63) is 35.7 Å². The molecule has 2 amide bonds. The summed E-state index contributed by atoms with van der Waals surface area (Å²) in [6.07, 6.45) is 0.617. The molecule has 0 unspecified atom stereocenters. The maximum absolute atomic E-state index is 12.4. The van der Waals surface area contributed by atoms with Gasteiger partial charge in [0.15, 0.2) is 10.9 Å². The summed E-state index contributed by atoms with van der Waals surface area (Å²) in [6.45, 7) is 3.63. The molecule has 0 fully saturated rings. The van der Waals surface area contributed by atoms with E-state index >= 15 is 0 Å². The van der Waals surface area contributed by atoms with E-state index in [1.807, 2.05) is 13.8 Å². The molecule has 8 nitrogen and oxygen atoms in total. The van der Waals surface area contributed by atoms with Crippen LogP contribution in [-0.4, -0.2) is 38.1 Å². The first-order valence-electron chi connectivity index (χ1n) is 8.51. The summed E-state index contributed by atoms with van der Waals surface area (Å²) in [4.78, 5) is 34.9. The number of carbonyl (C=O) groups excluding carboxylic acids is 3. The van der Waals surface area contributed by atoms with Crippen LogP contribution in [0.3, 0.4) is 0 Å². The molecule has 0 aliphatic heterocycles. The molecule has 0 aliphatic rings. The van der Waals surface area contributed by atoms with E-state index in [2.05, 4.69) is 15.5 Å². The second-order valence-corrected chi connectivity index (χ2v) is 7.30. The molecule has 2 rings (SSSR count). The number of hydrogen-bond acceptors (Lipinski definition) is 6. The molecule has 9 heteroatoms. The zero-order valence-electron chi connectivity index (χ0n) is 15.6. The van der Waals surface area contributed by atoms with Crippen LogP contribution < -0.4 is 11.1 Å². The number of anilines is 1. The number of nitrogens with two attached hydrogens (primary N) is 1. The Morgan fingerprint density at radius 2 is 1.85 bits per heavy atom.